The fourth-order valence-electron chi connectivity index (χ4n) is 0.678. The average Bonchev–Trinajstić information content (AvgIpc) is 2.02. The van der Waals surface area contributed by atoms with Crippen molar-refractivity contribution in [3.8, 4) is 0 Å². The smallest absolute Gasteiger partial charge is 0.253 e. The van der Waals surface area contributed by atoms with Crippen LogP contribution in [0.5, 0.6) is 0 Å². The normalized spacial score (nSPS) is 9.17. The van der Waals surface area contributed by atoms with Crippen molar-refractivity contribution in [2.75, 3.05) is 13.6 Å². The molecule has 0 bridgehead atoms. The van der Waals surface area contributed by atoms with Gasteiger partial charge in [0.25, 0.3) is 5.91 Å². The minimum atomic E-state index is -0.248. The average molecular weight is 173 g/mol. The molecular weight excluding hydrogens is 158 g/mol. The molecule has 2 amide bonds. The Bertz CT molecular complexity index is 141. The molecule has 0 spiro atoms. The van der Waals surface area contributed by atoms with Crippen molar-refractivity contribution in [1.29, 1.82) is 0 Å². The molecule has 0 aromatic heterocycles. The van der Waals surface area contributed by atoms with E-state index in [0.717, 1.165) is 6.42 Å². The Balaban J connectivity index is 3.40. The maximum absolute atomic E-state index is 10.8. The molecular formula is C7H15N3O2. The van der Waals surface area contributed by atoms with Gasteiger partial charge < -0.3 is 5.32 Å². The van der Waals surface area contributed by atoms with Crippen molar-refractivity contribution in [2.24, 2.45) is 0 Å². The first kappa shape index (κ1) is 10.9. The first-order valence-electron chi connectivity index (χ1n) is 3.93. The van der Waals surface area contributed by atoms with Crippen LogP contribution in [0, 0.1) is 0 Å². The lowest BCUT2D eigenvalue weighted by molar-refractivity contribution is -0.126. The Morgan fingerprint density at radius 1 is 1.25 bits per heavy atom. The van der Waals surface area contributed by atoms with Gasteiger partial charge in [0.2, 0.25) is 5.91 Å². The van der Waals surface area contributed by atoms with Gasteiger partial charge in [0.05, 0.1) is 6.54 Å². The molecule has 0 rings (SSSR count). The van der Waals surface area contributed by atoms with Crippen LogP contribution < -0.4 is 16.2 Å². The second-order valence-electron chi connectivity index (χ2n) is 2.32. The molecule has 0 heterocycles. The van der Waals surface area contributed by atoms with Crippen LogP contribution in [0.3, 0.4) is 0 Å². The summed E-state index contributed by atoms with van der Waals surface area (Å²) in [7, 11) is 1.59. The molecule has 3 N–H and O–H groups in total. The van der Waals surface area contributed by atoms with Gasteiger partial charge in [-0.1, -0.05) is 6.92 Å². The van der Waals surface area contributed by atoms with E-state index in [1.807, 2.05) is 6.92 Å². The quantitative estimate of drug-likeness (QED) is 0.474. The minimum absolute atomic E-state index is 0.0275. The molecule has 0 saturated heterocycles. The predicted octanol–water partition coefficient (Wildman–Crippen LogP) is -0.847. The highest BCUT2D eigenvalue weighted by molar-refractivity contribution is 5.84. The summed E-state index contributed by atoms with van der Waals surface area (Å²) in [4.78, 5) is 21.6. The van der Waals surface area contributed by atoms with Crippen LogP contribution in [0.25, 0.3) is 0 Å². The van der Waals surface area contributed by atoms with Gasteiger partial charge in [-0.15, -0.1) is 0 Å². The Kier molecular flexibility index (Phi) is 6.00. The second kappa shape index (κ2) is 6.60. The van der Waals surface area contributed by atoms with Gasteiger partial charge in [-0.3, -0.25) is 15.0 Å². The Morgan fingerprint density at radius 2 is 1.92 bits per heavy atom. The standard InChI is InChI=1S/C7H15N3O2/c1-3-4-6(11)9-5-7(12)10-8-2/h8H,3-5H2,1-2H3,(H,9,11)(H,10,12). The summed E-state index contributed by atoms with van der Waals surface area (Å²) < 4.78 is 0. The van der Waals surface area contributed by atoms with Crippen LogP contribution in [0.4, 0.5) is 0 Å². The van der Waals surface area contributed by atoms with Crippen LogP contribution in [0.2, 0.25) is 0 Å². The summed E-state index contributed by atoms with van der Waals surface area (Å²) in [6.45, 7) is 1.94. The number of hydrazine groups is 1. The molecule has 0 aliphatic heterocycles. The number of hydrogen-bond donors (Lipinski definition) is 3. The van der Waals surface area contributed by atoms with E-state index in [4.69, 9.17) is 0 Å². The summed E-state index contributed by atoms with van der Waals surface area (Å²) in [6, 6.07) is 0. The second-order valence-corrected chi connectivity index (χ2v) is 2.32. The van der Waals surface area contributed by atoms with E-state index in [2.05, 4.69) is 16.2 Å². The van der Waals surface area contributed by atoms with E-state index in [1.54, 1.807) is 7.05 Å². The molecule has 5 nitrogen and oxygen atoms in total. The van der Waals surface area contributed by atoms with Gasteiger partial charge in [-0.2, -0.15) is 0 Å². The molecule has 0 aromatic rings. The van der Waals surface area contributed by atoms with Crippen LogP contribution >= 0.6 is 0 Å². The lowest BCUT2D eigenvalue weighted by atomic mass is 10.3. The predicted molar refractivity (Wildman–Crippen MR) is 45.1 cm³/mol. The molecule has 0 aromatic carbocycles. The highest BCUT2D eigenvalue weighted by Gasteiger charge is 2.02. The molecule has 0 radical (unpaired) electrons. The van der Waals surface area contributed by atoms with Crippen molar-refractivity contribution in [1.82, 2.24) is 16.2 Å². The van der Waals surface area contributed by atoms with Crippen LogP contribution in [-0.4, -0.2) is 25.4 Å². The molecule has 70 valence electrons. The fourth-order valence-corrected chi connectivity index (χ4v) is 0.678. The third-order valence-corrected chi connectivity index (χ3v) is 1.19. The van der Waals surface area contributed by atoms with Crippen LogP contribution in [-0.2, 0) is 9.59 Å². The van der Waals surface area contributed by atoms with Gasteiger partial charge in [0.1, 0.15) is 0 Å². The summed E-state index contributed by atoms with van der Waals surface area (Å²) in [5, 5.41) is 2.48. The lowest BCUT2D eigenvalue weighted by Gasteiger charge is -2.04. The minimum Gasteiger partial charge on any atom is -0.347 e. The fraction of sp³-hybridized carbons (Fsp3) is 0.714. The topological polar surface area (TPSA) is 70.2 Å². The highest BCUT2D eigenvalue weighted by atomic mass is 16.2. The number of rotatable bonds is 5. The Hall–Kier alpha value is -1.10. The van der Waals surface area contributed by atoms with Crippen molar-refractivity contribution in [3.63, 3.8) is 0 Å². The zero-order valence-electron chi connectivity index (χ0n) is 7.44. The molecule has 0 unspecified atom stereocenters. The Morgan fingerprint density at radius 3 is 2.42 bits per heavy atom. The van der Waals surface area contributed by atoms with Crippen LogP contribution in [0.15, 0.2) is 0 Å². The lowest BCUT2D eigenvalue weighted by Crippen LogP contribution is -2.41. The molecule has 12 heavy (non-hydrogen) atoms. The number of hydrogen-bond acceptors (Lipinski definition) is 3. The van der Waals surface area contributed by atoms with Crippen molar-refractivity contribution < 1.29 is 9.59 Å². The zero-order chi connectivity index (χ0) is 9.40. The molecule has 0 aliphatic rings. The largest absolute Gasteiger partial charge is 0.347 e. The van der Waals surface area contributed by atoms with Gasteiger partial charge in [0.15, 0.2) is 0 Å². The third-order valence-electron chi connectivity index (χ3n) is 1.19. The number of amides is 2. The maximum atomic E-state index is 10.8. The van der Waals surface area contributed by atoms with E-state index >= 15 is 0 Å². The first-order chi connectivity index (χ1) is 5.70. The SMILES string of the molecule is CCCC(=O)NCC(=O)NNC. The van der Waals surface area contributed by atoms with E-state index in [9.17, 15) is 9.59 Å². The summed E-state index contributed by atoms with van der Waals surface area (Å²) in [5.74, 6) is -0.342. The number of carbonyl (C=O) groups is 2. The maximum Gasteiger partial charge on any atom is 0.253 e. The summed E-state index contributed by atoms with van der Waals surface area (Å²) in [5.41, 5.74) is 4.81. The van der Waals surface area contributed by atoms with Gasteiger partial charge in [0, 0.05) is 13.5 Å². The third kappa shape index (κ3) is 5.67. The van der Waals surface area contributed by atoms with Crippen molar-refractivity contribution in [3.05, 3.63) is 0 Å². The van der Waals surface area contributed by atoms with Crippen molar-refractivity contribution >= 4 is 11.8 Å². The number of nitrogens with one attached hydrogen (secondary N) is 3. The highest BCUT2D eigenvalue weighted by Crippen LogP contribution is 1.84. The first-order valence-corrected chi connectivity index (χ1v) is 3.93. The Labute approximate surface area is 71.9 Å². The van der Waals surface area contributed by atoms with E-state index in [-0.39, 0.29) is 18.4 Å². The summed E-state index contributed by atoms with van der Waals surface area (Å²) in [6.07, 6.45) is 1.26. The van der Waals surface area contributed by atoms with E-state index in [0.29, 0.717) is 6.42 Å². The molecule has 0 fully saturated rings. The molecule has 0 saturated carbocycles. The summed E-state index contributed by atoms with van der Waals surface area (Å²) >= 11 is 0. The molecule has 5 heteroatoms. The van der Waals surface area contributed by atoms with Gasteiger partial charge in [-0.05, 0) is 6.42 Å². The monoisotopic (exact) mass is 173 g/mol. The zero-order valence-corrected chi connectivity index (χ0v) is 7.44. The van der Waals surface area contributed by atoms with Gasteiger partial charge in [-0.25, -0.2) is 5.43 Å². The van der Waals surface area contributed by atoms with E-state index in [1.165, 1.54) is 0 Å². The van der Waals surface area contributed by atoms with Crippen molar-refractivity contribution in [2.45, 2.75) is 19.8 Å². The number of carbonyl (C=O) groups excluding carboxylic acids is 2. The molecule has 0 aliphatic carbocycles. The van der Waals surface area contributed by atoms with E-state index < -0.39 is 0 Å². The molecule has 0 atom stereocenters. The van der Waals surface area contributed by atoms with Crippen LogP contribution in [0.1, 0.15) is 19.8 Å². The van der Waals surface area contributed by atoms with Gasteiger partial charge >= 0.3 is 0 Å².